The van der Waals surface area contributed by atoms with Gasteiger partial charge < -0.3 is 4.90 Å². The van der Waals surface area contributed by atoms with Crippen molar-refractivity contribution >= 4 is 25.1 Å². The van der Waals surface area contributed by atoms with E-state index in [2.05, 4.69) is 18.7 Å². The summed E-state index contributed by atoms with van der Waals surface area (Å²) in [5, 5.41) is 0. The van der Waals surface area contributed by atoms with Crippen molar-refractivity contribution in [1.29, 1.82) is 0 Å². The zero-order valence-electron chi connectivity index (χ0n) is 13.3. The molecule has 0 N–H and O–H groups in total. The first-order valence-electron chi connectivity index (χ1n) is 8.65. The van der Waals surface area contributed by atoms with Gasteiger partial charge in [-0.1, -0.05) is 56.6 Å². The van der Waals surface area contributed by atoms with Crippen LogP contribution in [0.5, 0.6) is 0 Å². The Morgan fingerprint density at radius 3 is 2.45 bits per heavy atom. The van der Waals surface area contributed by atoms with Crippen molar-refractivity contribution in [3.05, 3.63) is 0 Å². The molecule has 1 aliphatic carbocycles. The highest BCUT2D eigenvalue weighted by Gasteiger charge is 2.33. The van der Waals surface area contributed by atoms with Gasteiger partial charge in [0.05, 0.1) is 12.8 Å². The summed E-state index contributed by atoms with van der Waals surface area (Å²) in [4.78, 5) is 3.74. The summed E-state index contributed by atoms with van der Waals surface area (Å²) in [5.41, 5.74) is 0. The Kier molecular flexibility index (Phi) is 6.38. The summed E-state index contributed by atoms with van der Waals surface area (Å²) in [6, 6.07) is 0.565. The quantitative estimate of drug-likeness (QED) is 0.506. The molecule has 20 heavy (non-hydrogen) atoms. The lowest BCUT2D eigenvalue weighted by molar-refractivity contribution is 0.212. The molecule has 1 saturated carbocycles. The lowest BCUT2D eigenvalue weighted by atomic mass is 9.76. The Bertz CT molecular complexity index is 318. The third-order valence-electron chi connectivity index (χ3n) is 5.27. The maximum atomic E-state index is 6.20. The van der Waals surface area contributed by atoms with Crippen LogP contribution in [0, 0.1) is 11.8 Å². The third-order valence-corrected chi connectivity index (χ3v) is 5.81. The molecule has 2 rings (SSSR count). The summed E-state index contributed by atoms with van der Waals surface area (Å²) in [6.45, 7) is 5.72. The van der Waals surface area contributed by atoms with Gasteiger partial charge in [-0.05, 0) is 39.0 Å². The van der Waals surface area contributed by atoms with Gasteiger partial charge in [0, 0.05) is 18.5 Å². The summed E-state index contributed by atoms with van der Waals surface area (Å²) in [5.74, 6) is 1.92. The average molecular weight is 291 g/mol. The molecule has 0 spiro atoms. The highest BCUT2D eigenvalue weighted by molar-refractivity contribution is 7.80. The van der Waals surface area contributed by atoms with Gasteiger partial charge in [-0.15, -0.1) is 0 Å². The second-order valence-electron chi connectivity index (χ2n) is 7.11. The normalized spacial score (nSPS) is 33.6. The van der Waals surface area contributed by atoms with Crippen LogP contribution in [0.1, 0.15) is 71.6 Å². The molecule has 1 heterocycles. The summed E-state index contributed by atoms with van der Waals surface area (Å²) in [6.07, 6.45) is 11.7. The summed E-state index contributed by atoms with van der Waals surface area (Å²) >= 11 is 5.84. The van der Waals surface area contributed by atoms with Crippen molar-refractivity contribution in [2.75, 3.05) is 6.54 Å². The molecule has 0 aromatic rings. The molecule has 1 aliphatic heterocycles. The van der Waals surface area contributed by atoms with Gasteiger partial charge >= 0.3 is 0 Å². The number of likely N-dealkylation sites (tertiary alicyclic amines) is 1. The number of thiocarbonyl (C=S) groups is 1. The first-order chi connectivity index (χ1) is 9.59. The molecular formula is C17H30BNS. The first-order valence-corrected chi connectivity index (χ1v) is 9.06. The van der Waals surface area contributed by atoms with E-state index in [0.717, 1.165) is 5.92 Å². The van der Waals surface area contributed by atoms with Crippen LogP contribution < -0.4 is 0 Å². The van der Waals surface area contributed by atoms with Gasteiger partial charge in [0.15, 0.2) is 0 Å². The highest BCUT2D eigenvalue weighted by atomic mass is 32.1. The lowest BCUT2D eigenvalue weighted by Crippen LogP contribution is -2.47. The van der Waals surface area contributed by atoms with Gasteiger partial charge in [0.1, 0.15) is 0 Å². The minimum absolute atomic E-state index is 0.439. The number of fused-ring (bicyclic) bond motifs is 1. The van der Waals surface area contributed by atoms with E-state index in [1.807, 2.05) is 0 Å². The minimum atomic E-state index is 0.439. The van der Waals surface area contributed by atoms with Crippen molar-refractivity contribution in [2.24, 2.45) is 11.8 Å². The molecule has 0 aromatic carbocycles. The molecule has 1 nitrogen and oxygen atoms in total. The first kappa shape index (κ1) is 16.3. The Morgan fingerprint density at radius 2 is 1.70 bits per heavy atom. The van der Waals surface area contributed by atoms with Crippen LogP contribution >= 0.6 is 12.2 Å². The Hall–Kier alpha value is -0.0451. The molecule has 3 atom stereocenters. The van der Waals surface area contributed by atoms with E-state index in [-0.39, 0.29) is 0 Å². The zero-order valence-corrected chi connectivity index (χ0v) is 14.1. The molecule has 0 aromatic heterocycles. The van der Waals surface area contributed by atoms with Crippen LogP contribution in [0.4, 0.5) is 0 Å². The molecule has 3 heteroatoms. The predicted molar refractivity (Wildman–Crippen MR) is 92.5 cm³/mol. The van der Waals surface area contributed by atoms with E-state index >= 15 is 0 Å². The van der Waals surface area contributed by atoms with Crippen LogP contribution in [0.2, 0.25) is 5.82 Å². The van der Waals surface area contributed by atoms with Gasteiger partial charge in [-0.25, -0.2) is 0 Å². The van der Waals surface area contributed by atoms with Crippen LogP contribution in [0.25, 0.3) is 0 Å². The molecule has 2 radical (unpaired) electrons. The summed E-state index contributed by atoms with van der Waals surface area (Å²) in [7, 11) is 6.20. The maximum absolute atomic E-state index is 6.20. The molecule has 3 unspecified atom stereocenters. The molecule has 1 saturated heterocycles. The molecule has 0 amide bonds. The van der Waals surface area contributed by atoms with Gasteiger partial charge in [-0.3, -0.25) is 0 Å². The Morgan fingerprint density at radius 1 is 1.00 bits per heavy atom. The number of hydrogen-bond donors (Lipinski definition) is 0. The Balaban J connectivity index is 2.01. The van der Waals surface area contributed by atoms with Gasteiger partial charge in [0.25, 0.3) is 0 Å². The molecule has 2 aliphatic rings. The highest BCUT2D eigenvalue weighted by Crippen LogP contribution is 2.36. The fourth-order valence-corrected chi connectivity index (χ4v) is 4.59. The molecule has 112 valence electrons. The van der Waals surface area contributed by atoms with E-state index < -0.39 is 0 Å². The monoisotopic (exact) mass is 291 g/mol. The standard InChI is InChI=1S/C17H30BNS/c1-13(2)19-12-11-14-7-6-9-15(18)8-4-3-5-10-16(14)17(19)20/h13-16H,3-12H2,1-2H3. The minimum Gasteiger partial charge on any atom is -0.363 e. The predicted octanol–water partition coefficient (Wildman–Crippen LogP) is 4.75. The van der Waals surface area contributed by atoms with Crippen molar-refractivity contribution in [3.8, 4) is 0 Å². The average Bonchev–Trinajstić information content (AvgIpc) is 2.43. The molecule has 0 bridgehead atoms. The van der Waals surface area contributed by atoms with E-state index in [4.69, 9.17) is 20.1 Å². The Labute approximate surface area is 132 Å². The second-order valence-corrected chi connectivity index (χ2v) is 7.53. The van der Waals surface area contributed by atoms with E-state index in [1.165, 1.54) is 69.3 Å². The fraction of sp³-hybridized carbons (Fsp3) is 0.941. The number of piperidine rings is 1. The number of rotatable bonds is 1. The SMILES string of the molecule is [B]C1CCCCCC2C(=S)N(C(C)C)CCC2CCC1. The van der Waals surface area contributed by atoms with Gasteiger partial charge in [0.2, 0.25) is 0 Å². The number of nitrogens with zero attached hydrogens (tertiary/aromatic N) is 1. The van der Waals surface area contributed by atoms with Crippen LogP contribution in [-0.4, -0.2) is 30.3 Å². The number of hydrogen-bond acceptors (Lipinski definition) is 1. The smallest absolute Gasteiger partial charge is 0.0815 e. The van der Waals surface area contributed by atoms with Crippen molar-refractivity contribution < 1.29 is 0 Å². The van der Waals surface area contributed by atoms with Crippen LogP contribution in [-0.2, 0) is 0 Å². The molecular weight excluding hydrogens is 261 g/mol. The zero-order chi connectivity index (χ0) is 14.5. The van der Waals surface area contributed by atoms with E-state index in [9.17, 15) is 0 Å². The molecule has 2 fully saturated rings. The van der Waals surface area contributed by atoms with Crippen molar-refractivity contribution in [3.63, 3.8) is 0 Å². The van der Waals surface area contributed by atoms with Crippen LogP contribution in [0.3, 0.4) is 0 Å². The topological polar surface area (TPSA) is 3.24 Å². The fourth-order valence-electron chi connectivity index (χ4n) is 3.98. The van der Waals surface area contributed by atoms with E-state index in [0.29, 0.717) is 17.8 Å². The van der Waals surface area contributed by atoms with Crippen molar-refractivity contribution in [1.82, 2.24) is 4.90 Å². The second kappa shape index (κ2) is 7.82. The maximum Gasteiger partial charge on any atom is 0.0815 e. The largest absolute Gasteiger partial charge is 0.363 e. The van der Waals surface area contributed by atoms with E-state index in [1.54, 1.807) is 0 Å². The third kappa shape index (κ3) is 4.22. The van der Waals surface area contributed by atoms with Crippen molar-refractivity contribution in [2.45, 2.75) is 83.5 Å². The van der Waals surface area contributed by atoms with Crippen LogP contribution in [0.15, 0.2) is 0 Å². The summed E-state index contributed by atoms with van der Waals surface area (Å²) < 4.78 is 0. The van der Waals surface area contributed by atoms with Gasteiger partial charge in [-0.2, -0.15) is 0 Å². The lowest BCUT2D eigenvalue weighted by Gasteiger charge is -2.43.